The molecule has 5 N–H and O–H groups in total. The lowest BCUT2D eigenvalue weighted by Gasteiger charge is -2.24. The van der Waals surface area contributed by atoms with Gasteiger partial charge >= 0.3 is 0 Å². The fourth-order valence-corrected chi connectivity index (χ4v) is 2.04. The van der Waals surface area contributed by atoms with E-state index in [4.69, 9.17) is 11.5 Å². The van der Waals surface area contributed by atoms with Gasteiger partial charge in [-0.05, 0) is 24.8 Å². The highest BCUT2D eigenvalue weighted by Gasteiger charge is 2.24. The van der Waals surface area contributed by atoms with Crippen LogP contribution in [0.1, 0.15) is 30.0 Å². The summed E-state index contributed by atoms with van der Waals surface area (Å²) >= 11 is 0. The van der Waals surface area contributed by atoms with Gasteiger partial charge in [0.05, 0.1) is 0 Å². The van der Waals surface area contributed by atoms with Gasteiger partial charge in [-0.3, -0.25) is 0 Å². The van der Waals surface area contributed by atoms with Gasteiger partial charge in [0.1, 0.15) is 0 Å². The molecule has 2 rings (SSSR count). The molecule has 0 amide bonds. The Bertz CT molecular complexity index is 379. The second-order valence-corrected chi connectivity index (χ2v) is 3.69. The summed E-state index contributed by atoms with van der Waals surface area (Å²) in [4.78, 5) is 0. The van der Waals surface area contributed by atoms with Crippen molar-refractivity contribution >= 4 is 5.69 Å². The van der Waals surface area contributed by atoms with Gasteiger partial charge < -0.3 is 16.6 Å². The van der Waals surface area contributed by atoms with E-state index in [0.29, 0.717) is 11.3 Å². The van der Waals surface area contributed by atoms with Crippen molar-refractivity contribution in [2.24, 2.45) is 5.73 Å². The Hall–Kier alpha value is -1.29. The maximum Gasteiger partial charge on any atom is 0.167 e. The van der Waals surface area contributed by atoms with Crippen LogP contribution in [0.2, 0.25) is 0 Å². The lowest BCUT2D eigenvalue weighted by Crippen LogP contribution is -2.19. The minimum Gasteiger partial charge on any atom is -0.505 e. The summed E-state index contributed by atoms with van der Waals surface area (Å²) in [6.45, 7) is 0. The quantitative estimate of drug-likeness (QED) is 0.434. The Kier molecular flexibility index (Phi) is 2.07. The Morgan fingerprint density at radius 2 is 2.21 bits per heavy atom. The third-order valence-electron chi connectivity index (χ3n) is 2.75. The van der Waals surface area contributed by atoms with E-state index in [2.05, 4.69) is 0 Å². The van der Waals surface area contributed by atoms with Gasteiger partial charge in [0.25, 0.3) is 0 Å². The molecule has 0 bridgehead atoms. The highest BCUT2D eigenvalue weighted by Crippen LogP contribution is 2.39. The highest BCUT2D eigenvalue weighted by atomic mass is 19.1. The number of hydrogen-bond acceptors (Lipinski definition) is 3. The Morgan fingerprint density at radius 3 is 2.93 bits per heavy atom. The molecule has 0 fully saturated rings. The highest BCUT2D eigenvalue weighted by molar-refractivity contribution is 5.58. The number of halogens is 1. The molecule has 0 aliphatic heterocycles. The minimum absolute atomic E-state index is 0.295. The average molecular weight is 196 g/mol. The Labute approximate surface area is 81.5 Å². The molecule has 1 aromatic carbocycles. The van der Waals surface area contributed by atoms with E-state index in [1.807, 2.05) is 0 Å². The number of aromatic hydroxyl groups is 1. The van der Waals surface area contributed by atoms with Crippen LogP contribution in [0.3, 0.4) is 0 Å². The molecule has 0 heterocycles. The number of hydrogen-bond donors (Lipinski definition) is 3. The second-order valence-electron chi connectivity index (χ2n) is 3.69. The van der Waals surface area contributed by atoms with E-state index >= 15 is 0 Å². The third kappa shape index (κ3) is 1.23. The van der Waals surface area contributed by atoms with Crippen LogP contribution in [0, 0.1) is 5.82 Å². The lowest BCUT2D eigenvalue weighted by atomic mass is 9.86. The van der Waals surface area contributed by atoms with Gasteiger partial charge in [0.2, 0.25) is 0 Å². The SMILES string of the molecule is Nc1cc(F)c(O)c2c1CCC[C@@H]2N. The number of nitrogen functional groups attached to an aromatic ring is 1. The van der Waals surface area contributed by atoms with Crippen molar-refractivity contribution in [3.05, 3.63) is 23.0 Å². The van der Waals surface area contributed by atoms with Crippen LogP contribution >= 0.6 is 0 Å². The van der Waals surface area contributed by atoms with Crippen LogP contribution in [0.25, 0.3) is 0 Å². The van der Waals surface area contributed by atoms with Gasteiger partial charge in [-0.25, -0.2) is 4.39 Å². The van der Waals surface area contributed by atoms with Crippen molar-refractivity contribution in [3.8, 4) is 5.75 Å². The van der Waals surface area contributed by atoms with Gasteiger partial charge in [0, 0.05) is 23.4 Å². The van der Waals surface area contributed by atoms with Gasteiger partial charge in [0.15, 0.2) is 11.6 Å². The molecule has 1 aliphatic carbocycles. The molecule has 0 saturated carbocycles. The molecule has 4 heteroatoms. The first-order chi connectivity index (χ1) is 6.61. The van der Waals surface area contributed by atoms with E-state index < -0.39 is 5.82 Å². The second kappa shape index (κ2) is 3.13. The molecule has 76 valence electrons. The zero-order chi connectivity index (χ0) is 10.3. The van der Waals surface area contributed by atoms with Crippen molar-refractivity contribution < 1.29 is 9.50 Å². The fraction of sp³-hybridized carbons (Fsp3) is 0.400. The first-order valence-electron chi connectivity index (χ1n) is 4.66. The van der Waals surface area contributed by atoms with Gasteiger partial charge in [-0.2, -0.15) is 0 Å². The molecule has 1 atom stereocenters. The summed E-state index contributed by atoms with van der Waals surface area (Å²) in [6, 6.07) is 0.864. The number of fused-ring (bicyclic) bond motifs is 1. The molecule has 1 aromatic rings. The van der Waals surface area contributed by atoms with E-state index in [-0.39, 0.29) is 11.8 Å². The number of anilines is 1. The number of rotatable bonds is 0. The molecule has 0 aromatic heterocycles. The monoisotopic (exact) mass is 196 g/mol. The topological polar surface area (TPSA) is 72.3 Å². The zero-order valence-electron chi connectivity index (χ0n) is 7.76. The van der Waals surface area contributed by atoms with Crippen molar-refractivity contribution in [2.45, 2.75) is 25.3 Å². The number of phenolic OH excluding ortho intramolecular Hbond substituents is 1. The average Bonchev–Trinajstić information content (AvgIpc) is 2.14. The van der Waals surface area contributed by atoms with Crippen LogP contribution in [-0.4, -0.2) is 5.11 Å². The molecule has 0 unspecified atom stereocenters. The molecule has 0 spiro atoms. The maximum atomic E-state index is 13.2. The molecule has 0 radical (unpaired) electrons. The van der Waals surface area contributed by atoms with E-state index in [0.717, 1.165) is 30.9 Å². The normalized spacial score (nSPS) is 20.6. The maximum absolute atomic E-state index is 13.2. The van der Waals surface area contributed by atoms with E-state index in [1.54, 1.807) is 0 Å². The van der Waals surface area contributed by atoms with Crippen LogP contribution < -0.4 is 11.5 Å². The van der Waals surface area contributed by atoms with Crippen LogP contribution in [-0.2, 0) is 6.42 Å². The number of benzene rings is 1. The number of phenols is 1. The first-order valence-corrected chi connectivity index (χ1v) is 4.66. The number of nitrogens with two attached hydrogens (primary N) is 2. The zero-order valence-corrected chi connectivity index (χ0v) is 7.76. The molecule has 1 aliphatic rings. The summed E-state index contributed by atoms with van der Waals surface area (Å²) in [5.41, 5.74) is 13.2. The third-order valence-corrected chi connectivity index (χ3v) is 2.75. The summed E-state index contributed by atoms with van der Waals surface area (Å²) < 4.78 is 13.2. The van der Waals surface area contributed by atoms with Gasteiger partial charge in [-0.1, -0.05) is 0 Å². The molecular formula is C10H13FN2O. The molecule has 3 nitrogen and oxygen atoms in total. The van der Waals surface area contributed by atoms with Crippen molar-refractivity contribution in [2.75, 3.05) is 5.73 Å². The van der Waals surface area contributed by atoms with E-state index in [1.165, 1.54) is 0 Å². The fourth-order valence-electron chi connectivity index (χ4n) is 2.04. The van der Waals surface area contributed by atoms with Crippen LogP contribution in [0.15, 0.2) is 6.07 Å². The van der Waals surface area contributed by atoms with Gasteiger partial charge in [-0.15, -0.1) is 0 Å². The molecular weight excluding hydrogens is 183 g/mol. The standard InChI is InChI=1S/C10H13FN2O/c11-6-4-8(13)5-2-1-3-7(12)9(5)10(6)14/h4,7,14H,1-3,12-13H2/t7-/m0/s1. The smallest absolute Gasteiger partial charge is 0.167 e. The minimum atomic E-state index is -0.682. The largest absolute Gasteiger partial charge is 0.505 e. The Balaban J connectivity index is 2.67. The summed E-state index contributed by atoms with van der Waals surface area (Å²) in [7, 11) is 0. The van der Waals surface area contributed by atoms with Crippen molar-refractivity contribution in [3.63, 3.8) is 0 Å². The van der Waals surface area contributed by atoms with Crippen LogP contribution in [0.4, 0.5) is 10.1 Å². The van der Waals surface area contributed by atoms with Crippen molar-refractivity contribution in [1.29, 1.82) is 0 Å². The predicted octanol–water partition coefficient (Wildman–Crippen LogP) is 1.45. The summed E-state index contributed by atoms with van der Waals surface area (Å²) in [5, 5.41) is 9.53. The predicted molar refractivity (Wildman–Crippen MR) is 52.3 cm³/mol. The Morgan fingerprint density at radius 1 is 1.50 bits per heavy atom. The summed E-state index contributed by atoms with van der Waals surface area (Å²) in [5.74, 6) is -1.01. The lowest BCUT2D eigenvalue weighted by molar-refractivity contribution is 0.411. The molecule has 14 heavy (non-hydrogen) atoms. The summed E-state index contributed by atoms with van der Waals surface area (Å²) in [6.07, 6.45) is 2.47. The van der Waals surface area contributed by atoms with Crippen molar-refractivity contribution in [1.82, 2.24) is 0 Å². The molecule has 0 saturated heterocycles. The van der Waals surface area contributed by atoms with E-state index in [9.17, 15) is 9.50 Å². The van der Waals surface area contributed by atoms with Crippen LogP contribution in [0.5, 0.6) is 5.75 Å². The first kappa shape index (κ1) is 9.27.